The zero-order chi connectivity index (χ0) is 16.8. The Bertz CT molecular complexity index is 726. The normalized spacial score (nSPS) is 14.5. The van der Waals surface area contributed by atoms with Crippen LogP contribution in [0.5, 0.6) is 0 Å². The number of nitrogens with one attached hydrogen (secondary N) is 1. The van der Waals surface area contributed by atoms with E-state index in [1.54, 1.807) is 11.6 Å². The number of carbonyl (C=O) groups excluding carboxylic acids is 1. The molecule has 0 fully saturated rings. The van der Waals surface area contributed by atoms with Crippen LogP contribution in [0.2, 0.25) is 0 Å². The van der Waals surface area contributed by atoms with Crippen LogP contribution in [-0.2, 0) is 24.2 Å². The van der Waals surface area contributed by atoms with Crippen LogP contribution >= 0.6 is 0 Å². The molecule has 0 spiro atoms. The van der Waals surface area contributed by atoms with Crippen LogP contribution in [0.1, 0.15) is 22.3 Å². The number of benzene rings is 2. The van der Waals surface area contributed by atoms with Crippen molar-refractivity contribution in [3.8, 4) is 0 Å². The molecule has 24 heavy (non-hydrogen) atoms. The van der Waals surface area contributed by atoms with Crippen LogP contribution in [0, 0.1) is 0 Å². The summed E-state index contributed by atoms with van der Waals surface area (Å²) in [5.41, 5.74) is 6.65. The van der Waals surface area contributed by atoms with Crippen LogP contribution in [0.4, 0.5) is 0 Å². The van der Waals surface area contributed by atoms with Crippen LogP contribution in [0.25, 0.3) is 6.08 Å². The second-order valence-corrected chi connectivity index (χ2v) is 6.10. The standard InChI is InChI=1S/C20H22N2O2/c23-20(21-24)9-7-17-6-8-18-11-13-22(15-19(18)14-17)12-10-16-4-2-1-3-5-16/h1-9,14,24H,10-13,15H2,(H,21,23). The van der Waals surface area contributed by atoms with Gasteiger partial charge in [0.05, 0.1) is 0 Å². The minimum Gasteiger partial charge on any atom is -0.298 e. The Morgan fingerprint density at radius 3 is 2.79 bits per heavy atom. The zero-order valence-electron chi connectivity index (χ0n) is 13.6. The Balaban J connectivity index is 1.63. The monoisotopic (exact) mass is 322 g/mol. The molecular weight excluding hydrogens is 300 g/mol. The average molecular weight is 322 g/mol. The summed E-state index contributed by atoms with van der Waals surface area (Å²) < 4.78 is 0. The number of hydrogen-bond donors (Lipinski definition) is 2. The molecule has 4 heteroatoms. The number of nitrogens with zero attached hydrogens (tertiary/aromatic N) is 1. The minimum absolute atomic E-state index is 0.516. The number of carbonyl (C=O) groups is 1. The summed E-state index contributed by atoms with van der Waals surface area (Å²) in [6.45, 7) is 3.08. The van der Waals surface area contributed by atoms with Gasteiger partial charge < -0.3 is 0 Å². The van der Waals surface area contributed by atoms with Gasteiger partial charge in [0.1, 0.15) is 0 Å². The van der Waals surface area contributed by atoms with Gasteiger partial charge in [-0.3, -0.25) is 14.9 Å². The molecule has 0 radical (unpaired) electrons. The lowest BCUT2D eigenvalue weighted by atomic mass is 9.97. The summed E-state index contributed by atoms with van der Waals surface area (Å²) in [5.74, 6) is -0.516. The van der Waals surface area contributed by atoms with Crippen molar-refractivity contribution in [3.63, 3.8) is 0 Å². The Kier molecular flexibility index (Phi) is 5.41. The topological polar surface area (TPSA) is 52.6 Å². The molecule has 1 aliphatic rings. The first-order chi connectivity index (χ1) is 11.7. The van der Waals surface area contributed by atoms with Gasteiger partial charge in [-0.1, -0.05) is 48.5 Å². The molecule has 1 amide bonds. The number of hydroxylamine groups is 1. The van der Waals surface area contributed by atoms with Gasteiger partial charge in [-0.05, 0) is 41.2 Å². The molecule has 3 rings (SSSR count). The highest BCUT2D eigenvalue weighted by Crippen LogP contribution is 2.21. The van der Waals surface area contributed by atoms with E-state index in [0.29, 0.717) is 0 Å². The SMILES string of the molecule is O=C(C=Cc1ccc2c(c1)CN(CCc1ccccc1)CC2)NO. The Hall–Kier alpha value is -2.43. The molecule has 0 aliphatic carbocycles. The van der Waals surface area contributed by atoms with E-state index in [2.05, 4.69) is 41.3 Å². The Labute approximate surface area is 142 Å². The lowest BCUT2D eigenvalue weighted by Gasteiger charge is -2.29. The van der Waals surface area contributed by atoms with Gasteiger partial charge in [0.15, 0.2) is 0 Å². The fourth-order valence-corrected chi connectivity index (χ4v) is 3.07. The maximum atomic E-state index is 11.1. The quantitative estimate of drug-likeness (QED) is 0.506. The number of rotatable bonds is 5. The predicted octanol–water partition coefficient (Wildman–Crippen LogP) is 2.81. The van der Waals surface area contributed by atoms with Crippen LogP contribution in [0.15, 0.2) is 54.6 Å². The molecule has 0 bridgehead atoms. The van der Waals surface area contributed by atoms with E-state index in [0.717, 1.165) is 38.0 Å². The Morgan fingerprint density at radius 2 is 2.00 bits per heavy atom. The molecule has 4 nitrogen and oxygen atoms in total. The Morgan fingerprint density at radius 1 is 1.17 bits per heavy atom. The third-order valence-corrected chi connectivity index (χ3v) is 4.42. The zero-order valence-corrected chi connectivity index (χ0v) is 13.6. The van der Waals surface area contributed by atoms with Gasteiger partial charge in [0.25, 0.3) is 5.91 Å². The van der Waals surface area contributed by atoms with Crippen molar-refractivity contribution in [3.05, 3.63) is 76.9 Å². The highest BCUT2D eigenvalue weighted by Gasteiger charge is 2.16. The van der Waals surface area contributed by atoms with Gasteiger partial charge in [-0.2, -0.15) is 0 Å². The second-order valence-electron chi connectivity index (χ2n) is 6.10. The molecule has 1 aliphatic heterocycles. The van der Waals surface area contributed by atoms with Crippen molar-refractivity contribution >= 4 is 12.0 Å². The molecule has 0 atom stereocenters. The van der Waals surface area contributed by atoms with E-state index < -0.39 is 5.91 Å². The molecular formula is C20H22N2O2. The first-order valence-electron chi connectivity index (χ1n) is 8.25. The van der Waals surface area contributed by atoms with Gasteiger partial charge in [0, 0.05) is 25.7 Å². The predicted molar refractivity (Wildman–Crippen MR) is 94.5 cm³/mol. The van der Waals surface area contributed by atoms with Crippen molar-refractivity contribution in [2.45, 2.75) is 19.4 Å². The van der Waals surface area contributed by atoms with Crippen LogP contribution < -0.4 is 5.48 Å². The summed E-state index contributed by atoms with van der Waals surface area (Å²) >= 11 is 0. The summed E-state index contributed by atoms with van der Waals surface area (Å²) in [7, 11) is 0. The van der Waals surface area contributed by atoms with Crippen LogP contribution in [-0.4, -0.2) is 29.1 Å². The molecule has 0 unspecified atom stereocenters. The van der Waals surface area contributed by atoms with Gasteiger partial charge in [-0.15, -0.1) is 0 Å². The van der Waals surface area contributed by atoms with Gasteiger partial charge >= 0.3 is 0 Å². The largest absolute Gasteiger partial charge is 0.298 e. The highest BCUT2D eigenvalue weighted by atomic mass is 16.5. The minimum atomic E-state index is -0.516. The van der Waals surface area contributed by atoms with Crippen molar-refractivity contribution in [2.24, 2.45) is 0 Å². The molecule has 2 aromatic rings. The third kappa shape index (κ3) is 4.31. The van der Waals surface area contributed by atoms with Crippen molar-refractivity contribution in [1.82, 2.24) is 10.4 Å². The summed E-state index contributed by atoms with van der Waals surface area (Å²) in [5, 5.41) is 8.54. The fourth-order valence-electron chi connectivity index (χ4n) is 3.07. The van der Waals surface area contributed by atoms with E-state index in [9.17, 15) is 4.79 Å². The van der Waals surface area contributed by atoms with E-state index >= 15 is 0 Å². The van der Waals surface area contributed by atoms with E-state index in [4.69, 9.17) is 5.21 Å². The molecule has 0 saturated heterocycles. The van der Waals surface area contributed by atoms with Crippen molar-refractivity contribution in [1.29, 1.82) is 0 Å². The second kappa shape index (κ2) is 7.90. The van der Waals surface area contributed by atoms with Crippen molar-refractivity contribution in [2.75, 3.05) is 13.1 Å². The number of hydrogen-bond acceptors (Lipinski definition) is 3. The third-order valence-electron chi connectivity index (χ3n) is 4.42. The van der Waals surface area contributed by atoms with E-state index in [1.165, 1.54) is 22.8 Å². The van der Waals surface area contributed by atoms with Gasteiger partial charge in [-0.25, -0.2) is 5.48 Å². The van der Waals surface area contributed by atoms with Gasteiger partial charge in [0.2, 0.25) is 0 Å². The molecule has 2 aromatic carbocycles. The molecule has 2 N–H and O–H groups in total. The first kappa shape index (κ1) is 16.4. The maximum absolute atomic E-state index is 11.1. The molecule has 0 saturated carbocycles. The lowest BCUT2D eigenvalue weighted by molar-refractivity contribution is -0.124. The smallest absolute Gasteiger partial charge is 0.267 e. The average Bonchev–Trinajstić information content (AvgIpc) is 2.64. The fraction of sp³-hybridized carbons (Fsp3) is 0.250. The maximum Gasteiger partial charge on any atom is 0.267 e. The lowest BCUT2D eigenvalue weighted by Crippen LogP contribution is -2.32. The molecule has 1 heterocycles. The first-order valence-corrected chi connectivity index (χ1v) is 8.25. The van der Waals surface area contributed by atoms with E-state index in [1.807, 2.05) is 12.1 Å². The summed E-state index contributed by atoms with van der Waals surface area (Å²) in [6, 6.07) is 16.8. The van der Waals surface area contributed by atoms with Crippen molar-refractivity contribution < 1.29 is 10.0 Å². The van der Waals surface area contributed by atoms with Crippen LogP contribution in [0.3, 0.4) is 0 Å². The number of fused-ring (bicyclic) bond motifs is 1. The highest BCUT2D eigenvalue weighted by molar-refractivity contribution is 5.90. The number of amides is 1. The summed E-state index contributed by atoms with van der Waals surface area (Å²) in [4.78, 5) is 13.6. The molecule has 0 aromatic heterocycles. The van der Waals surface area contributed by atoms with E-state index in [-0.39, 0.29) is 0 Å². The summed E-state index contributed by atoms with van der Waals surface area (Å²) in [6.07, 6.45) is 5.17. The molecule has 124 valence electrons.